The first-order chi connectivity index (χ1) is 12.1. The fraction of sp³-hybridized carbons (Fsp3) is 0.316. The van der Waals surface area contributed by atoms with Crippen molar-refractivity contribution in [1.29, 1.82) is 0 Å². The van der Waals surface area contributed by atoms with Gasteiger partial charge in [-0.05, 0) is 54.0 Å². The molecule has 3 atom stereocenters. The van der Waals surface area contributed by atoms with Crippen LogP contribution in [0.4, 0.5) is 0 Å². The minimum atomic E-state index is -0.439. The van der Waals surface area contributed by atoms with Crippen LogP contribution < -0.4 is 5.32 Å². The van der Waals surface area contributed by atoms with Crippen LogP contribution in [0.25, 0.3) is 5.69 Å². The highest BCUT2D eigenvalue weighted by molar-refractivity contribution is 5.34. The largest absolute Gasteiger partial charge is 0.391 e. The predicted molar refractivity (Wildman–Crippen MR) is 96.3 cm³/mol. The number of nitrogens with one attached hydrogen (secondary N) is 1. The van der Waals surface area contributed by atoms with Gasteiger partial charge in [-0.15, -0.1) is 5.10 Å². The molecule has 0 aliphatic heterocycles. The Bertz CT molecular complexity index is 758. The maximum Gasteiger partial charge on any atom is 0.143 e. The first-order valence-electron chi connectivity index (χ1n) is 8.45. The van der Waals surface area contributed by atoms with Gasteiger partial charge in [-0.3, -0.25) is 0 Å². The van der Waals surface area contributed by atoms with Gasteiger partial charge in [0.05, 0.1) is 11.8 Å². The molecule has 0 spiro atoms. The van der Waals surface area contributed by atoms with E-state index in [0.29, 0.717) is 6.42 Å². The standard InChI is InChI=1S/C19H23N5O/c1-14(17-8-10-18(11-9-17)24-13-20-22-23-24)21-15(2)19(25)12-16-6-4-3-5-7-16/h3-11,13-15,19,21,25H,12H2,1-2H3. The molecule has 1 heterocycles. The first kappa shape index (κ1) is 17.3. The highest BCUT2D eigenvalue weighted by Gasteiger charge is 2.17. The topological polar surface area (TPSA) is 75.9 Å². The van der Waals surface area contributed by atoms with Crippen molar-refractivity contribution in [3.05, 3.63) is 72.1 Å². The molecule has 0 bridgehead atoms. The number of aromatic nitrogens is 4. The molecule has 0 radical (unpaired) electrons. The van der Waals surface area contributed by atoms with Crippen LogP contribution in [0.1, 0.15) is 31.0 Å². The van der Waals surface area contributed by atoms with Gasteiger partial charge in [0.2, 0.25) is 0 Å². The van der Waals surface area contributed by atoms with E-state index in [9.17, 15) is 5.11 Å². The number of tetrazole rings is 1. The molecule has 0 saturated heterocycles. The minimum Gasteiger partial charge on any atom is -0.391 e. The molecule has 2 N–H and O–H groups in total. The molecule has 0 aliphatic carbocycles. The number of hydrogen-bond donors (Lipinski definition) is 2. The first-order valence-corrected chi connectivity index (χ1v) is 8.45. The average molecular weight is 337 g/mol. The number of rotatable bonds is 7. The van der Waals surface area contributed by atoms with E-state index < -0.39 is 6.10 Å². The number of aliphatic hydroxyl groups is 1. The van der Waals surface area contributed by atoms with Gasteiger partial charge in [0.15, 0.2) is 0 Å². The van der Waals surface area contributed by atoms with Crippen LogP contribution in [0.5, 0.6) is 0 Å². The van der Waals surface area contributed by atoms with Crippen molar-refractivity contribution in [1.82, 2.24) is 25.5 Å². The normalized spacial score (nSPS) is 14.8. The zero-order valence-electron chi connectivity index (χ0n) is 14.4. The molecule has 1 aromatic heterocycles. The second-order valence-corrected chi connectivity index (χ2v) is 6.28. The summed E-state index contributed by atoms with van der Waals surface area (Å²) in [6.07, 6.45) is 1.77. The molecule has 130 valence electrons. The Morgan fingerprint density at radius 3 is 2.40 bits per heavy atom. The zero-order valence-corrected chi connectivity index (χ0v) is 14.4. The summed E-state index contributed by atoms with van der Waals surface area (Å²) < 4.78 is 1.62. The Hall–Kier alpha value is -2.57. The van der Waals surface area contributed by atoms with Gasteiger partial charge < -0.3 is 10.4 Å². The van der Waals surface area contributed by atoms with Crippen molar-refractivity contribution in [2.45, 2.75) is 38.5 Å². The lowest BCUT2D eigenvalue weighted by Crippen LogP contribution is -2.39. The van der Waals surface area contributed by atoms with Crippen molar-refractivity contribution in [3.63, 3.8) is 0 Å². The summed E-state index contributed by atoms with van der Waals surface area (Å²) in [5, 5.41) is 25.1. The van der Waals surface area contributed by atoms with E-state index in [2.05, 4.69) is 27.8 Å². The summed E-state index contributed by atoms with van der Waals surface area (Å²) >= 11 is 0. The second kappa shape index (κ2) is 8.00. The summed E-state index contributed by atoms with van der Waals surface area (Å²) in [6, 6.07) is 18.2. The quantitative estimate of drug-likeness (QED) is 0.692. The third kappa shape index (κ3) is 4.49. The minimum absolute atomic E-state index is 0.0191. The van der Waals surface area contributed by atoms with Gasteiger partial charge >= 0.3 is 0 Å². The molecule has 3 unspecified atom stereocenters. The third-order valence-electron chi connectivity index (χ3n) is 4.38. The van der Waals surface area contributed by atoms with Crippen LogP contribution in [0, 0.1) is 0 Å². The summed E-state index contributed by atoms with van der Waals surface area (Å²) in [5.74, 6) is 0. The van der Waals surface area contributed by atoms with Crippen LogP contribution in [-0.4, -0.2) is 37.5 Å². The fourth-order valence-corrected chi connectivity index (χ4v) is 2.83. The Labute approximate surface area is 147 Å². The number of aliphatic hydroxyl groups excluding tert-OH is 1. The average Bonchev–Trinajstić information content (AvgIpc) is 3.17. The van der Waals surface area contributed by atoms with Crippen molar-refractivity contribution in [2.75, 3.05) is 0 Å². The molecular weight excluding hydrogens is 314 g/mol. The van der Waals surface area contributed by atoms with E-state index in [4.69, 9.17) is 0 Å². The van der Waals surface area contributed by atoms with Crippen LogP contribution in [-0.2, 0) is 6.42 Å². The summed E-state index contributed by atoms with van der Waals surface area (Å²) in [7, 11) is 0. The second-order valence-electron chi connectivity index (χ2n) is 6.28. The van der Waals surface area contributed by atoms with Gasteiger partial charge in [-0.25, -0.2) is 4.68 Å². The van der Waals surface area contributed by atoms with E-state index in [1.807, 2.05) is 61.5 Å². The lowest BCUT2D eigenvalue weighted by Gasteiger charge is -2.25. The van der Waals surface area contributed by atoms with Gasteiger partial charge in [0.1, 0.15) is 6.33 Å². The van der Waals surface area contributed by atoms with Gasteiger partial charge in [-0.2, -0.15) is 0 Å². The lowest BCUT2D eigenvalue weighted by atomic mass is 10.0. The highest BCUT2D eigenvalue weighted by Crippen LogP contribution is 2.17. The van der Waals surface area contributed by atoms with E-state index in [-0.39, 0.29) is 12.1 Å². The van der Waals surface area contributed by atoms with E-state index in [1.165, 1.54) is 0 Å². The van der Waals surface area contributed by atoms with Crippen LogP contribution >= 0.6 is 0 Å². The molecule has 3 aromatic rings. The molecule has 0 saturated carbocycles. The van der Waals surface area contributed by atoms with E-state index >= 15 is 0 Å². The number of benzene rings is 2. The van der Waals surface area contributed by atoms with Crippen molar-refractivity contribution < 1.29 is 5.11 Å². The van der Waals surface area contributed by atoms with Crippen molar-refractivity contribution >= 4 is 0 Å². The molecule has 6 nitrogen and oxygen atoms in total. The number of nitrogens with zero attached hydrogens (tertiary/aromatic N) is 4. The Kier molecular flexibility index (Phi) is 5.53. The maximum absolute atomic E-state index is 10.4. The molecule has 0 aliphatic rings. The third-order valence-corrected chi connectivity index (χ3v) is 4.38. The van der Waals surface area contributed by atoms with Crippen molar-refractivity contribution in [3.8, 4) is 5.69 Å². The number of hydrogen-bond acceptors (Lipinski definition) is 5. The van der Waals surface area contributed by atoms with Gasteiger partial charge in [0, 0.05) is 12.1 Å². The fourth-order valence-electron chi connectivity index (χ4n) is 2.83. The SMILES string of the molecule is CC(NC(C)C(O)Cc1ccccc1)c1ccc(-n2cnnn2)cc1. The molecule has 0 amide bonds. The zero-order chi connectivity index (χ0) is 17.6. The Morgan fingerprint density at radius 1 is 1.04 bits per heavy atom. The van der Waals surface area contributed by atoms with E-state index in [1.54, 1.807) is 11.0 Å². The summed E-state index contributed by atoms with van der Waals surface area (Å²) in [6.45, 7) is 4.11. The van der Waals surface area contributed by atoms with E-state index in [0.717, 1.165) is 16.8 Å². The highest BCUT2D eigenvalue weighted by atomic mass is 16.3. The molecule has 6 heteroatoms. The predicted octanol–water partition coefficient (Wildman–Crippen LogP) is 2.31. The van der Waals surface area contributed by atoms with Crippen LogP contribution in [0.15, 0.2) is 60.9 Å². The van der Waals surface area contributed by atoms with Crippen molar-refractivity contribution in [2.24, 2.45) is 0 Å². The Morgan fingerprint density at radius 2 is 1.76 bits per heavy atom. The smallest absolute Gasteiger partial charge is 0.143 e. The lowest BCUT2D eigenvalue weighted by molar-refractivity contribution is 0.129. The summed E-state index contributed by atoms with van der Waals surface area (Å²) in [5.41, 5.74) is 3.20. The summed E-state index contributed by atoms with van der Waals surface area (Å²) in [4.78, 5) is 0. The van der Waals surface area contributed by atoms with Crippen LogP contribution in [0.3, 0.4) is 0 Å². The molecule has 2 aromatic carbocycles. The monoisotopic (exact) mass is 337 g/mol. The maximum atomic E-state index is 10.4. The molecule has 3 rings (SSSR count). The van der Waals surface area contributed by atoms with Gasteiger partial charge in [-0.1, -0.05) is 42.5 Å². The molecular formula is C19H23N5O. The molecule has 0 fully saturated rings. The van der Waals surface area contributed by atoms with Gasteiger partial charge in [0.25, 0.3) is 0 Å². The molecule has 25 heavy (non-hydrogen) atoms. The van der Waals surface area contributed by atoms with Crippen LogP contribution in [0.2, 0.25) is 0 Å². The Balaban J connectivity index is 1.58.